The summed E-state index contributed by atoms with van der Waals surface area (Å²) < 4.78 is 0.530. The van der Waals surface area contributed by atoms with Crippen LogP contribution in [0.4, 0.5) is 0 Å². The van der Waals surface area contributed by atoms with Crippen molar-refractivity contribution in [3.63, 3.8) is 0 Å². The van der Waals surface area contributed by atoms with Gasteiger partial charge >= 0.3 is 0 Å². The molecule has 1 aromatic rings. The zero-order chi connectivity index (χ0) is 14.2. The number of fused-ring (bicyclic) bond motifs is 1. The average Bonchev–Trinajstić information content (AvgIpc) is 2.40. The maximum absolute atomic E-state index is 3.89. The summed E-state index contributed by atoms with van der Waals surface area (Å²) in [5.74, 6) is 0. The number of rotatable bonds is 4. The standard InChI is InChI=1S/C18H27NS/c1-17(2)12-9-16(14-7-4-5-8-15(14)17)19-13-18(20-3)10-6-11-18/h4-5,7-8,16,19H,6,9-13H2,1-3H3. The van der Waals surface area contributed by atoms with E-state index in [1.165, 1.54) is 38.6 Å². The number of benzene rings is 1. The van der Waals surface area contributed by atoms with Crippen LogP contribution in [0.1, 0.15) is 63.1 Å². The van der Waals surface area contributed by atoms with Crippen molar-refractivity contribution in [1.29, 1.82) is 0 Å². The van der Waals surface area contributed by atoms with E-state index in [9.17, 15) is 0 Å². The lowest BCUT2D eigenvalue weighted by atomic mass is 9.71. The highest BCUT2D eigenvalue weighted by Crippen LogP contribution is 2.44. The van der Waals surface area contributed by atoms with Gasteiger partial charge in [0, 0.05) is 17.3 Å². The molecule has 1 fully saturated rings. The molecule has 0 aromatic heterocycles. The van der Waals surface area contributed by atoms with Crippen LogP contribution in [0.15, 0.2) is 24.3 Å². The van der Waals surface area contributed by atoms with Crippen molar-refractivity contribution in [2.45, 2.75) is 62.2 Å². The molecule has 110 valence electrons. The summed E-state index contributed by atoms with van der Waals surface area (Å²) >= 11 is 2.07. The van der Waals surface area contributed by atoms with E-state index in [1.807, 2.05) is 0 Å². The molecule has 0 saturated heterocycles. The van der Waals surface area contributed by atoms with Crippen LogP contribution in [0, 0.1) is 0 Å². The van der Waals surface area contributed by atoms with Crippen LogP contribution < -0.4 is 5.32 Å². The van der Waals surface area contributed by atoms with Crippen molar-refractivity contribution in [3.8, 4) is 0 Å². The van der Waals surface area contributed by atoms with E-state index >= 15 is 0 Å². The fourth-order valence-corrected chi connectivity index (χ4v) is 4.68. The van der Waals surface area contributed by atoms with E-state index in [4.69, 9.17) is 0 Å². The number of hydrogen-bond acceptors (Lipinski definition) is 2. The first-order chi connectivity index (χ1) is 9.56. The molecule has 0 spiro atoms. The molecule has 1 atom stereocenters. The molecule has 20 heavy (non-hydrogen) atoms. The topological polar surface area (TPSA) is 12.0 Å². The third-order valence-electron chi connectivity index (χ3n) is 5.49. The maximum atomic E-state index is 3.89. The van der Waals surface area contributed by atoms with Crippen molar-refractivity contribution in [2.75, 3.05) is 12.8 Å². The van der Waals surface area contributed by atoms with Gasteiger partial charge in [0.1, 0.15) is 0 Å². The lowest BCUT2D eigenvalue weighted by Crippen LogP contribution is -2.45. The predicted molar refractivity (Wildman–Crippen MR) is 89.5 cm³/mol. The Morgan fingerprint density at radius 1 is 1.20 bits per heavy atom. The van der Waals surface area contributed by atoms with Gasteiger partial charge in [0.2, 0.25) is 0 Å². The fraction of sp³-hybridized carbons (Fsp3) is 0.667. The molecule has 0 aliphatic heterocycles. The van der Waals surface area contributed by atoms with Crippen LogP contribution in [0.3, 0.4) is 0 Å². The number of nitrogens with one attached hydrogen (secondary N) is 1. The monoisotopic (exact) mass is 289 g/mol. The van der Waals surface area contributed by atoms with Crippen LogP contribution in [-0.4, -0.2) is 17.5 Å². The Hall–Kier alpha value is -0.470. The zero-order valence-corrected chi connectivity index (χ0v) is 13.9. The first-order valence-corrected chi connectivity index (χ1v) is 9.17. The highest BCUT2D eigenvalue weighted by atomic mass is 32.2. The Kier molecular flexibility index (Phi) is 3.89. The Labute approximate surface area is 127 Å². The minimum atomic E-state index is 0.336. The Morgan fingerprint density at radius 2 is 1.95 bits per heavy atom. The van der Waals surface area contributed by atoms with E-state index in [0.29, 0.717) is 16.2 Å². The molecule has 1 saturated carbocycles. The van der Waals surface area contributed by atoms with E-state index in [-0.39, 0.29) is 0 Å². The molecule has 1 nitrogen and oxygen atoms in total. The maximum Gasteiger partial charge on any atom is 0.0324 e. The van der Waals surface area contributed by atoms with E-state index < -0.39 is 0 Å². The van der Waals surface area contributed by atoms with E-state index in [2.05, 4.69) is 61.4 Å². The molecule has 1 N–H and O–H groups in total. The third-order valence-corrected chi connectivity index (χ3v) is 6.91. The summed E-state index contributed by atoms with van der Waals surface area (Å²) in [7, 11) is 0. The molecule has 2 aliphatic rings. The van der Waals surface area contributed by atoms with Gasteiger partial charge in [-0.2, -0.15) is 11.8 Å². The number of thioether (sulfide) groups is 1. The van der Waals surface area contributed by atoms with Gasteiger partial charge in [-0.25, -0.2) is 0 Å². The summed E-state index contributed by atoms with van der Waals surface area (Å²) in [5.41, 5.74) is 3.43. The molecule has 1 unspecified atom stereocenters. The predicted octanol–water partition coefficient (Wildman–Crippen LogP) is 4.67. The number of hydrogen-bond donors (Lipinski definition) is 1. The van der Waals surface area contributed by atoms with Gasteiger partial charge in [-0.05, 0) is 48.5 Å². The van der Waals surface area contributed by atoms with Crippen LogP contribution in [0.2, 0.25) is 0 Å². The largest absolute Gasteiger partial charge is 0.309 e. The molecule has 2 heteroatoms. The van der Waals surface area contributed by atoms with Crippen molar-refractivity contribution < 1.29 is 0 Å². The summed E-state index contributed by atoms with van der Waals surface area (Å²) in [5, 5.41) is 3.89. The molecule has 2 aliphatic carbocycles. The first kappa shape index (κ1) is 14.5. The first-order valence-electron chi connectivity index (χ1n) is 7.94. The lowest BCUT2D eigenvalue weighted by Gasteiger charge is -2.43. The van der Waals surface area contributed by atoms with Gasteiger partial charge in [-0.1, -0.05) is 44.5 Å². The SMILES string of the molecule is CSC1(CNC2CCC(C)(C)c3ccccc32)CCC1. The minimum Gasteiger partial charge on any atom is -0.309 e. The fourth-order valence-electron chi connectivity index (χ4n) is 3.76. The van der Waals surface area contributed by atoms with Crippen LogP contribution in [0.25, 0.3) is 0 Å². The van der Waals surface area contributed by atoms with Crippen molar-refractivity contribution in [3.05, 3.63) is 35.4 Å². The third kappa shape index (κ3) is 2.53. The summed E-state index contributed by atoms with van der Waals surface area (Å²) in [6.45, 7) is 5.95. The molecule has 0 radical (unpaired) electrons. The molecule has 0 bridgehead atoms. The van der Waals surface area contributed by atoms with Gasteiger partial charge in [0.25, 0.3) is 0 Å². The lowest BCUT2D eigenvalue weighted by molar-refractivity contribution is 0.303. The zero-order valence-electron chi connectivity index (χ0n) is 13.0. The highest BCUT2D eigenvalue weighted by molar-refractivity contribution is 8.00. The van der Waals surface area contributed by atoms with E-state index in [1.54, 1.807) is 11.1 Å². The summed E-state index contributed by atoms with van der Waals surface area (Å²) in [6, 6.07) is 9.61. The summed E-state index contributed by atoms with van der Waals surface area (Å²) in [6.07, 6.45) is 9.03. The minimum absolute atomic E-state index is 0.336. The van der Waals surface area contributed by atoms with Gasteiger partial charge < -0.3 is 5.32 Å². The quantitative estimate of drug-likeness (QED) is 0.864. The highest BCUT2D eigenvalue weighted by Gasteiger charge is 2.38. The second-order valence-corrected chi connectivity index (χ2v) is 8.46. The average molecular weight is 289 g/mol. The molecule has 0 heterocycles. The molecular weight excluding hydrogens is 262 g/mol. The van der Waals surface area contributed by atoms with Crippen LogP contribution in [-0.2, 0) is 5.41 Å². The van der Waals surface area contributed by atoms with E-state index in [0.717, 1.165) is 0 Å². The molecule has 1 aromatic carbocycles. The van der Waals surface area contributed by atoms with Crippen LogP contribution in [0.5, 0.6) is 0 Å². The Bertz CT molecular complexity index is 471. The van der Waals surface area contributed by atoms with Gasteiger partial charge in [0.05, 0.1) is 0 Å². The van der Waals surface area contributed by atoms with Crippen LogP contribution >= 0.6 is 11.8 Å². The normalized spacial score (nSPS) is 26.6. The Morgan fingerprint density at radius 3 is 2.60 bits per heavy atom. The smallest absolute Gasteiger partial charge is 0.0324 e. The Balaban J connectivity index is 1.75. The molecule has 0 amide bonds. The van der Waals surface area contributed by atoms with Gasteiger partial charge in [-0.3, -0.25) is 0 Å². The van der Waals surface area contributed by atoms with Gasteiger partial charge in [0.15, 0.2) is 0 Å². The summed E-state index contributed by atoms with van der Waals surface area (Å²) in [4.78, 5) is 0. The van der Waals surface area contributed by atoms with Crippen molar-refractivity contribution >= 4 is 11.8 Å². The molecular formula is C18H27NS. The second kappa shape index (κ2) is 5.38. The second-order valence-electron chi connectivity index (χ2n) is 7.18. The molecule has 3 rings (SSSR count). The van der Waals surface area contributed by atoms with Crippen molar-refractivity contribution in [1.82, 2.24) is 5.32 Å². The van der Waals surface area contributed by atoms with Gasteiger partial charge in [-0.15, -0.1) is 0 Å². The van der Waals surface area contributed by atoms with Crippen molar-refractivity contribution in [2.24, 2.45) is 0 Å².